The minimum absolute atomic E-state index is 0.114. The molecule has 0 aliphatic rings. The number of carbonyl (C=O) groups excluding carboxylic acids is 1. The number of amides is 1. The van der Waals surface area contributed by atoms with Crippen LogP contribution in [0.1, 0.15) is 11.1 Å². The van der Waals surface area contributed by atoms with Crippen LogP contribution in [0.25, 0.3) is 10.9 Å². The first-order valence-corrected chi connectivity index (χ1v) is 9.37. The number of carbonyl (C=O) groups is 1. The van der Waals surface area contributed by atoms with E-state index in [0.717, 1.165) is 16.6 Å². The fourth-order valence-electron chi connectivity index (χ4n) is 3.18. The van der Waals surface area contributed by atoms with Gasteiger partial charge in [-0.25, -0.2) is 4.39 Å². The summed E-state index contributed by atoms with van der Waals surface area (Å²) >= 11 is 0. The topological polar surface area (TPSA) is 76.2 Å². The zero-order chi connectivity index (χ0) is 20.9. The molecule has 0 atom stereocenters. The lowest BCUT2D eigenvalue weighted by atomic mass is 10.1. The zero-order valence-electron chi connectivity index (χ0n) is 16.3. The van der Waals surface area contributed by atoms with E-state index in [4.69, 9.17) is 9.47 Å². The number of benzene rings is 2. The number of H-pyrrole nitrogens is 1. The van der Waals surface area contributed by atoms with Crippen LogP contribution in [0, 0.1) is 5.82 Å². The Balaban J connectivity index is 1.46. The van der Waals surface area contributed by atoms with E-state index in [0.29, 0.717) is 29.2 Å². The van der Waals surface area contributed by atoms with Crippen molar-refractivity contribution in [2.75, 3.05) is 12.4 Å². The first-order chi connectivity index (χ1) is 14.6. The summed E-state index contributed by atoms with van der Waals surface area (Å²) in [5, 5.41) is 3.55. The highest BCUT2D eigenvalue weighted by atomic mass is 19.1. The lowest BCUT2D eigenvalue weighted by Crippen LogP contribution is -2.14. The summed E-state index contributed by atoms with van der Waals surface area (Å²) in [6, 6.07) is 13.4. The molecule has 0 saturated carbocycles. The van der Waals surface area contributed by atoms with E-state index < -0.39 is 0 Å². The molecule has 6 nitrogen and oxygen atoms in total. The third-order valence-electron chi connectivity index (χ3n) is 4.67. The van der Waals surface area contributed by atoms with Crippen LogP contribution in [-0.4, -0.2) is 23.0 Å². The van der Waals surface area contributed by atoms with E-state index in [1.165, 1.54) is 12.1 Å². The van der Waals surface area contributed by atoms with E-state index in [2.05, 4.69) is 15.3 Å². The Morgan fingerprint density at radius 1 is 1.10 bits per heavy atom. The van der Waals surface area contributed by atoms with Crippen molar-refractivity contribution in [2.45, 2.75) is 13.0 Å². The van der Waals surface area contributed by atoms with Gasteiger partial charge < -0.3 is 19.8 Å². The van der Waals surface area contributed by atoms with E-state index >= 15 is 0 Å². The first-order valence-electron chi connectivity index (χ1n) is 9.37. The van der Waals surface area contributed by atoms with Crippen molar-refractivity contribution in [1.82, 2.24) is 9.97 Å². The number of ether oxygens (including phenoxy) is 2. The fraction of sp³-hybridized carbons (Fsp3) is 0.130. The summed E-state index contributed by atoms with van der Waals surface area (Å²) in [5.74, 6) is 0.524. The highest BCUT2D eigenvalue weighted by Gasteiger charge is 2.12. The molecule has 2 aromatic carbocycles. The molecule has 4 rings (SSSR count). The molecule has 0 unspecified atom stereocenters. The van der Waals surface area contributed by atoms with E-state index in [-0.39, 0.29) is 18.1 Å². The van der Waals surface area contributed by atoms with Gasteiger partial charge in [-0.2, -0.15) is 0 Å². The lowest BCUT2D eigenvalue weighted by molar-refractivity contribution is -0.115. The minimum Gasteiger partial charge on any atom is -0.493 e. The van der Waals surface area contributed by atoms with E-state index in [1.807, 2.05) is 12.1 Å². The number of hydrogen-bond donors (Lipinski definition) is 2. The number of hydrogen-bond acceptors (Lipinski definition) is 4. The molecule has 152 valence electrons. The third-order valence-corrected chi connectivity index (χ3v) is 4.67. The molecule has 1 amide bonds. The molecule has 2 N–H and O–H groups in total. The van der Waals surface area contributed by atoms with Crippen molar-refractivity contribution >= 4 is 22.5 Å². The molecule has 0 aliphatic carbocycles. The van der Waals surface area contributed by atoms with Crippen LogP contribution in [0.2, 0.25) is 0 Å². The largest absolute Gasteiger partial charge is 0.493 e. The van der Waals surface area contributed by atoms with Crippen LogP contribution in [-0.2, 0) is 17.8 Å². The smallest absolute Gasteiger partial charge is 0.228 e. The number of anilines is 1. The number of methoxy groups -OCH3 is 1. The van der Waals surface area contributed by atoms with Gasteiger partial charge in [-0.1, -0.05) is 0 Å². The van der Waals surface area contributed by atoms with Gasteiger partial charge in [0.05, 0.1) is 13.5 Å². The second-order valence-electron chi connectivity index (χ2n) is 6.74. The average molecular weight is 405 g/mol. The van der Waals surface area contributed by atoms with Gasteiger partial charge in [0.15, 0.2) is 11.5 Å². The maximum absolute atomic E-state index is 13.5. The van der Waals surface area contributed by atoms with Gasteiger partial charge in [-0.3, -0.25) is 9.78 Å². The third kappa shape index (κ3) is 4.41. The van der Waals surface area contributed by atoms with Gasteiger partial charge in [0.1, 0.15) is 12.4 Å². The fourth-order valence-corrected chi connectivity index (χ4v) is 3.18. The van der Waals surface area contributed by atoms with Crippen LogP contribution in [0.4, 0.5) is 10.1 Å². The molecular formula is C23H20FN3O3. The van der Waals surface area contributed by atoms with Gasteiger partial charge in [-0.05, 0) is 53.6 Å². The number of halogens is 1. The Morgan fingerprint density at radius 2 is 1.93 bits per heavy atom. The standard InChI is InChI=1S/C23H20FN3O3/c1-29-21-5-3-18(12-22(21)30-14-15-6-8-25-9-7-15)27-23(28)10-16-13-26-20-4-2-17(24)11-19(16)20/h2-9,11-13,26H,10,14H2,1H3,(H,27,28). The number of fused-ring (bicyclic) bond motifs is 1. The van der Waals surface area contributed by atoms with Crippen molar-refractivity contribution < 1.29 is 18.7 Å². The van der Waals surface area contributed by atoms with Crippen molar-refractivity contribution in [3.63, 3.8) is 0 Å². The summed E-state index contributed by atoms with van der Waals surface area (Å²) in [6.07, 6.45) is 5.23. The zero-order valence-corrected chi connectivity index (χ0v) is 16.3. The maximum atomic E-state index is 13.5. The molecule has 7 heteroatoms. The Hall–Kier alpha value is -3.87. The highest BCUT2D eigenvalue weighted by Crippen LogP contribution is 2.31. The van der Waals surface area contributed by atoms with Crippen LogP contribution < -0.4 is 14.8 Å². The van der Waals surface area contributed by atoms with E-state index in [1.54, 1.807) is 50.0 Å². The highest BCUT2D eigenvalue weighted by molar-refractivity contribution is 5.96. The summed E-state index contributed by atoms with van der Waals surface area (Å²) in [6.45, 7) is 0.344. The van der Waals surface area contributed by atoms with Gasteiger partial charge in [-0.15, -0.1) is 0 Å². The molecule has 0 radical (unpaired) electrons. The second kappa shape index (κ2) is 8.65. The number of nitrogens with zero attached hydrogens (tertiary/aromatic N) is 1. The van der Waals surface area contributed by atoms with Gasteiger partial charge in [0, 0.05) is 41.2 Å². The Bertz CT molecular complexity index is 1180. The normalized spacial score (nSPS) is 10.7. The number of rotatable bonds is 7. The second-order valence-corrected chi connectivity index (χ2v) is 6.74. The molecule has 2 heterocycles. The predicted octanol–water partition coefficient (Wildman–Crippen LogP) is 4.47. The number of aromatic amines is 1. The first kappa shape index (κ1) is 19.4. The molecule has 0 spiro atoms. The van der Waals surface area contributed by atoms with Crippen molar-refractivity contribution in [1.29, 1.82) is 0 Å². The predicted molar refractivity (Wildman–Crippen MR) is 112 cm³/mol. The van der Waals surface area contributed by atoms with Gasteiger partial charge in [0.25, 0.3) is 0 Å². The van der Waals surface area contributed by atoms with Gasteiger partial charge >= 0.3 is 0 Å². The molecular weight excluding hydrogens is 385 g/mol. The van der Waals surface area contributed by atoms with Crippen LogP contribution in [0.3, 0.4) is 0 Å². The number of pyridine rings is 1. The Morgan fingerprint density at radius 3 is 2.73 bits per heavy atom. The summed E-state index contributed by atoms with van der Waals surface area (Å²) in [7, 11) is 1.56. The van der Waals surface area contributed by atoms with Crippen LogP contribution in [0.15, 0.2) is 67.1 Å². The molecule has 30 heavy (non-hydrogen) atoms. The molecule has 0 bridgehead atoms. The quantitative estimate of drug-likeness (QED) is 0.476. The maximum Gasteiger partial charge on any atom is 0.228 e. The molecule has 4 aromatic rings. The lowest BCUT2D eigenvalue weighted by Gasteiger charge is -2.13. The summed E-state index contributed by atoms with van der Waals surface area (Å²) in [5.41, 5.74) is 3.06. The molecule has 0 saturated heterocycles. The van der Waals surface area contributed by atoms with Crippen LogP contribution >= 0.6 is 0 Å². The van der Waals surface area contributed by atoms with Crippen molar-refractivity contribution in [3.8, 4) is 11.5 Å². The number of aromatic nitrogens is 2. The summed E-state index contributed by atoms with van der Waals surface area (Å²) in [4.78, 5) is 19.6. The molecule has 0 fully saturated rings. The van der Waals surface area contributed by atoms with Crippen molar-refractivity contribution in [3.05, 3.63) is 84.1 Å². The molecule has 2 aromatic heterocycles. The Labute approximate surface area is 172 Å². The van der Waals surface area contributed by atoms with Crippen LogP contribution in [0.5, 0.6) is 11.5 Å². The number of nitrogens with one attached hydrogen (secondary N) is 2. The monoisotopic (exact) mass is 405 g/mol. The minimum atomic E-state index is -0.338. The SMILES string of the molecule is COc1ccc(NC(=O)Cc2c[nH]c3ccc(F)cc23)cc1OCc1ccncc1. The van der Waals surface area contributed by atoms with Crippen molar-refractivity contribution in [2.24, 2.45) is 0 Å². The van der Waals surface area contributed by atoms with E-state index in [9.17, 15) is 9.18 Å². The Kier molecular flexibility index (Phi) is 5.61. The summed E-state index contributed by atoms with van der Waals surface area (Å²) < 4.78 is 24.8. The average Bonchev–Trinajstić information content (AvgIpc) is 3.14. The molecule has 0 aliphatic heterocycles. The van der Waals surface area contributed by atoms with Gasteiger partial charge in [0.2, 0.25) is 5.91 Å².